The number of nitrogens with one attached hydrogen (secondary N) is 1. The number of aromatic nitrogens is 1. The van der Waals surface area contributed by atoms with Crippen LogP contribution in [0.25, 0.3) is 11.3 Å². The van der Waals surface area contributed by atoms with Crippen molar-refractivity contribution in [3.63, 3.8) is 0 Å². The number of amides is 1. The number of sulfonamides is 1. The van der Waals surface area contributed by atoms with Crippen molar-refractivity contribution < 1.29 is 13.2 Å². The van der Waals surface area contributed by atoms with Gasteiger partial charge in [-0.1, -0.05) is 23.2 Å². The Balaban J connectivity index is 1.53. The van der Waals surface area contributed by atoms with Gasteiger partial charge in [-0.05, 0) is 37.5 Å². The Morgan fingerprint density at radius 3 is 2.74 bits per heavy atom. The molecule has 1 N–H and O–H groups in total. The highest BCUT2D eigenvalue weighted by molar-refractivity contribution is 7.89. The molecular weight excluding hydrogens is 429 g/mol. The van der Waals surface area contributed by atoms with Crippen molar-refractivity contribution in [1.29, 1.82) is 0 Å². The van der Waals surface area contributed by atoms with Crippen LogP contribution >= 0.6 is 34.5 Å². The zero-order chi connectivity index (χ0) is 19.4. The minimum atomic E-state index is -3.26. The van der Waals surface area contributed by atoms with Gasteiger partial charge in [0.05, 0.1) is 16.5 Å². The molecule has 0 atom stereocenters. The van der Waals surface area contributed by atoms with Crippen molar-refractivity contribution >= 4 is 55.6 Å². The molecule has 2 heterocycles. The number of nitrogens with zero attached hydrogens (tertiary/aromatic N) is 2. The molecule has 1 saturated heterocycles. The van der Waals surface area contributed by atoms with Gasteiger partial charge in [-0.15, -0.1) is 11.3 Å². The first-order valence-corrected chi connectivity index (χ1v) is 11.8. The average molecular weight is 448 g/mol. The van der Waals surface area contributed by atoms with E-state index in [1.807, 2.05) is 0 Å². The van der Waals surface area contributed by atoms with E-state index in [4.69, 9.17) is 23.2 Å². The largest absolute Gasteiger partial charge is 0.302 e. The van der Waals surface area contributed by atoms with E-state index in [0.29, 0.717) is 39.5 Å². The Labute approximate surface area is 172 Å². The van der Waals surface area contributed by atoms with Crippen molar-refractivity contribution in [1.82, 2.24) is 9.29 Å². The molecule has 1 aliphatic rings. The first-order chi connectivity index (χ1) is 12.8. The number of hydrogen-bond acceptors (Lipinski definition) is 5. The molecule has 0 aliphatic carbocycles. The predicted molar refractivity (Wildman–Crippen MR) is 110 cm³/mol. The van der Waals surface area contributed by atoms with Crippen molar-refractivity contribution in [2.45, 2.75) is 25.7 Å². The topological polar surface area (TPSA) is 79.4 Å². The molecule has 27 heavy (non-hydrogen) atoms. The molecule has 1 aliphatic heterocycles. The van der Waals surface area contributed by atoms with Crippen LogP contribution in [0.15, 0.2) is 23.6 Å². The lowest BCUT2D eigenvalue weighted by atomic mass is 10.2. The zero-order valence-electron chi connectivity index (χ0n) is 14.5. The van der Waals surface area contributed by atoms with E-state index < -0.39 is 10.0 Å². The Morgan fingerprint density at radius 2 is 2.00 bits per heavy atom. The van der Waals surface area contributed by atoms with E-state index in [0.717, 1.165) is 12.8 Å². The number of anilines is 1. The molecule has 6 nitrogen and oxygen atoms in total. The summed E-state index contributed by atoms with van der Waals surface area (Å²) < 4.78 is 25.8. The quantitative estimate of drug-likeness (QED) is 0.687. The molecule has 146 valence electrons. The molecule has 3 rings (SSSR count). The van der Waals surface area contributed by atoms with E-state index in [2.05, 4.69) is 10.3 Å². The first-order valence-electron chi connectivity index (χ1n) is 8.54. The lowest BCUT2D eigenvalue weighted by Gasteiger charge is -2.14. The van der Waals surface area contributed by atoms with Gasteiger partial charge in [0, 0.05) is 35.5 Å². The summed E-state index contributed by atoms with van der Waals surface area (Å²) in [6, 6.07) is 5.10. The van der Waals surface area contributed by atoms with Crippen LogP contribution in [0.3, 0.4) is 0 Å². The molecule has 1 aromatic carbocycles. The third-order valence-electron chi connectivity index (χ3n) is 4.22. The highest BCUT2D eigenvalue weighted by Crippen LogP contribution is 2.32. The van der Waals surface area contributed by atoms with E-state index in [-0.39, 0.29) is 24.5 Å². The molecule has 2 aromatic rings. The van der Waals surface area contributed by atoms with Gasteiger partial charge in [0.15, 0.2) is 5.13 Å². The number of rotatable bonds is 7. The molecule has 0 unspecified atom stereocenters. The van der Waals surface area contributed by atoms with Crippen LogP contribution in [0.5, 0.6) is 0 Å². The summed E-state index contributed by atoms with van der Waals surface area (Å²) in [7, 11) is -3.26. The fourth-order valence-corrected chi connectivity index (χ4v) is 5.54. The maximum absolute atomic E-state index is 12.2. The van der Waals surface area contributed by atoms with Crippen molar-refractivity contribution in [2.75, 3.05) is 24.2 Å². The zero-order valence-corrected chi connectivity index (χ0v) is 17.6. The molecule has 0 radical (unpaired) electrons. The Kier molecular flexibility index (Phi) is 6.75. The van der Waals surface area contributed by atoms with Crippen molar-refractivity contribution in [3.05, 3.63) is 33.6 Å². The van der Waals surface area contributed by atoms with Crippen LogP contribution in [0.4, 0.5) is 5.13 Å². The summed E-state index contributed by atoms with van der Waals surface area (Å²) >= 11 is 13.4. The highest BCUT2D eigenvalue weighted by atomic mass is 35.5. The minimum absolute atomic E-state index is 0.0122. The second-order valence-corrected chi connectivity index (χ2v) is 10.0. The van der Waals surface area contributed by atoms with Crippen LogP contribution in [0.2, 0.25) is 10.0 Å². The van der Waals surface area contributed by atoms with Gasteiger partial charge >= 0.3 is 0 Å². The second kappa shape index (κ2) is 8.87. The number of benzene rings is 1. The normalized spacial score (nSPS) is 15.2. The molecule has 0 spiro atoms. The van der Waals surface area contributed by atoms with Crippen LogP contribution in [-0.4, -0.2) is 42.5 Å². The van der Waals surface area contributed by atoms with Crippen LogP contribution < -0.4 is 5.32 Å². The molecule has 0 saturated carbocycles. The number of carbonyl (C=O) groups is 1. The predicted octanol–water partition coefficient (Wildman–Crippen LogP) is 4.26. The van der Waals surface area contributed by atoms with Crippen molar-refractivity contribution in [3.8, 4) is 11.3 Å². The summed E-state index contributed by atoms with van der Waals surface area (Å²) in [5.41, 5.74) is 1.32. The van der Waals surface area contributed by atoms with Crippen LogP contribution in [-0.2, 0) is 14.8 Å². The maximum atomic E-state index is 12.2. The Morgan fingerprint density at radius 1 is 1.26 bits per heavy atom. The summed E-state index contributed by atoms with van der Waals surface area (Å²) in [4.78, 5) is 16.4. The van der Waals surface area contributed by atoms with Crippen molar-refractivity contribution in [2.24, 2.45) is 0 Å². The smallest absolute Gasteiger partial charge is 0.226 e. The lowest BCUT2D eigenvalue weighted by Crippen LogP contribution is -2.30. The summed E-state index contributed by atoms with van der Waals surface area (Å²) in [5.74, 6) is -0.272. The van der Waals surface area contributed by atoms with Gasteiger partial charge in [-0.2, -0.15) is 0 Å². The van der Waals surface area contributed by atoms with Gasteiger partial charge in [0.2, 0.25) is 15.9 Å². The molecule has 1 aromatic heterocycles. The number of carbonyl (C=O) groups excluding carboxylic acids is 1. The van der Waals surface area contributed by atoms with Gasteiger partial charge in [0.1, 0.15) is 0 Å². The molecule has 1 amide bonds. The third kappa shape index (κ3) is 5.42. The molecule has 0 bridgehead atoms. The van der Waals surface area contributed by atoms with E-state index >= 15 is 0 Å². The van der Waals surface area contributed by atoms with Crippen LogP contribution in [0.1, 0.15) is 25.7 Å². The maximum Gasteiger partial charge on any atom is 0.226 e. The average Bonchev–Trinajstić information content (AvgIpc) is 3.29. The summed E-state index contributed by atoms with van der Waals surface area (Å²) in [6.45, 7) is 1.17. The minimum Gasteiger partial charge on any atom is -0.302 e. The van der Waals surface area contributed by atoms with Gasteiger partial charge < -0.3 is 5.32 Å². The molecular formula is C17H19Cl2N3O3S2. The summed E-state index contributed by atoms with van der Waals surface area (Å²) in [5, 5.41) is 6.00. The summed E-state index contributed by atoms with van der Waals surface area (Å²) in [6.07, 6.45) is 2.22. The monoisotopic (exact) mass is 447 g/mol. The standard InChI is InChI=1S/C17H19Cl2N3O3S2/c18-12-5-6-14(19)13(10-12)15-11-26-17(20-15)21-16(23)4-3-9-27(24,25)22-7-1-2-8-22/h5-6,10-11H,1-4,7-9H2,(H,20,21,23). The highest BCUT2D eigenvalue weighted by Gasteiger charge is 2.24. The van der Waals surface area contributed by atoms with E-state index in [1.165, 1.54) is 15.6 Å². The van der Waals surface area contributed by atoms with E-state index in [1.54, 1.807) is 23.6 Å². The number of thiazole rings is 1. The number of hydrogen-bond donors (Lipinski definition) is 1. The number of halogens is 2. The SMILES string of the molecule is O=C(CCCS(=O)(=O)N1CCCC1)Nc1nc(-c2cc(Cl)ccc2Cl)cs1. The molecule has 10 heteroatoms. The lowest BCUT2D eigenvalue weighted by molar-refractivity contribution is -0.116. The van der Waals surface area contributed by atoms with Gasteiger partial charge in [0.25, 0.3) is 0 Å². The third-order valence-corrected chi connectivity index (χ3v) is 7.50. The Bertz CT molecular complexity index is 925. The first kappa shape index (κ1) is 20.5. The Hall–Kier alpha value is -1.19. The van der Waals surface area contributed by atoms with Crippen LogP contribution in [0, 0.1) is 0 Å². The van der Waals surface area contributed by atoms with Gasteiger partial charge in [-0.3, -0.25) is 4.79 Å². The molecule has 1 fully saturated rings. The second-order valence-electron chi connectivity index (χ2n) is 6.24. The fraction of sp³-hybridized carbons (Fsp3) is 0.412. The van der Waals surface area contributed by atoms with E-state index in [9.17, 15) is 13.2 Å². The van der Waals surface area contributed by atoms with Gasteiger partial charge in [-0.25, -0.2) is 17.7 Å². The fourth-order valence-electron chi connectivity index (χ4n) is 2.84.